The van der Waals surface area contributed by atoms with Crippen molar-refractivity contribution in [2.75, 3.05) is 62.0 Å². The van der Waals surface area contributed by atoms with Gasteiger partial charge in [0, 0.05) is 52.4 Å². The highest BCUT2D eigenvalue weighted by Gasteiger charge is 2.22. The average Bonchev–Trinajstić information content (AvgIpc) is 2.69. The molecule has 0 aliphatic carbocycles. The van der Waals surface area contributed by atoms with Crippen molar-refractivity contribution >= 4 is 23.5 Å². The number of hydrogen-bond acceptors (Lipinski definition) is 8. The van der Waals surface area contributed by atoms with Gasteiger partial charge in [-0.15, -0.1) is 10.2 Å². The maximum Gasteiger partial charge on any atom is 0.323 e. The summed E-state index contributed by atoms with van der Waals surface area (Å²) in [5, 5.41) is 11.1. The zero-order valence-corrected chi connectivity index (χ0v) is 15.8. The summed E-state index contributed by atoms with van der Waals surface area (Å²) in [6, 6.07) is 5.26. The van der Waals surface area contributed by atoms with Crippen molar-refractivity contribution < 1.29 is 9.53 Å². The first-order chi connectivity index (χ1) is 13.1. The summed E-state index contributed by atoms with van der Waals surface area (Å²) in [4.78, 5) is 26.4. The van der Waals surface area contributed by atoms with Gasteiger partial charge in [-0.05, 0) is 13.0 Å². The minimum Gasteiger partial charge on any atom is -0.477 e. The number of urea groups is 1. The maximum atomic E-state index is 12.5. The van der Waals surface area contributed by atoms with Crippen LogP contribution < -0.4 is 19.9 Å². The van der Waals surface area contributed by atoms with Gasteiger partial charge in [0.15, 0.2) is 5.82 Å². The molecule has 0 aromatic carbocycles. The highest BCUT2D eigenvalue weighted by atomic mass is 16.5. The van der Waals surface area contributed by atoms with Crippen molar-refractivity contribution in [1.29, 1.82) is 0 Å². The van der Waals surface area contributed by atoms with E-state index in [9.17, 15) is 4.79 Å². The number of anilines is 3. The van der Waals surface area contributed by atoms with Crippen LogP contribution in [0.4, 0.5) is 22.2 Å². The molecule has 144 valence electrons. The molecule has 10 nitrogen and oxygen atoms in total. The monoisotopic (exact) mass is 372 g/mol. The van der Waals surface area contributed by atoms with Gasteiger partial charge in [0.25, 0.3) is 0 Å². The van der Waals surface area contributed by atoms with Gasteiger partial charge in [0.2, 0.25) is 5.88 Å². The number of ether oxygens (including phenoxy) is 1. The van der Waals surface area contributed by atoms with Crippen LogP contribution in [0.15, 0.2) is 24.5 Å². The lowest BCUT2D eigenvalue weighted by atomic mass is 10.3. The van der Waals surface area contributed by atoms with Crippen molar-refractivity contribution in [3.05, 3.63) is 24.5 Å². The minimum absolute atomic E-state index is 0.171. The largest absolute Gasteiger partial charge is 0.477 e. The van der Waals surface area contributed by atoms with Crippen molar-refractivity contribution in [2.45, 2.75) is 6.92 Å². The van der Waals surface area contributed by atoms with Crippen LogP contribution in [-0.4, -0.2) is 78.0 Å². The summed E-state index contributed by atoms with van der Waals surface area (Å²) >= 11 is 0. The number of piperazine rings is 1. The summed E-state index contributed by atoms with van der Waals surface area (Å²) in [5.74, 6) is 2.52. The minimum atomic E-state index is -0.171. The van der Waals surface area contributed by atoms with Crippen LogP contribution in [0.2, 0.25) is 0 Å². The zero-order valence-electron chi connectivity index (χ0n) is 15.8. The summed E-state index contributed by atoms with van der Waals surface area (Å²) in [5.41, 5.74) is 0. The summed E-state index contributed by atoms with van der Waals surface area (Å²) in [6.45, 7) is 5.01. The SMILES string of the molecule is CCOc1ccc(N2CCN(C(=O)Nc3cc(N(C)C)ncn3)CC2)nn1. The van der Waals surface area contributed by atoms with Gasteiger partial charge in [-0.1, -0.05) is 0 Å². The maximum absolute atomic E-state index is 12.5. The molecule has 1 aliphatic heterocycles. The highest BCUT2D eigenvalue weighted by molar-refractivity contribution is 5.88. The molecule has 0 atom stereocenters. The second kappa shape index (κ2) is 8.47. The molecule has 0 saturated carbocycles. The lowest BCUT2D eigenvalue weighted by Crippen LogP contribution is -2.50. The molecule has 1 aliphatic rings. The predicted molar refractivity (Wildman–Crippen MR) is 102 cm³/mol. The van der Waals surface area contributed by atoms with Crippen molar-refractivity contribution in [3.8, 4) is 5.88 Å². The standard InChI is InChI=1S/C17H24N8O2/c1-4-27-16-6-5-14(21-22-16)24-7-9-25(10-8-24)17(26)20-13-11-15(23(2)3)19-12-18-13/h5-6,11-12H,4,7-10H2,1-3H3,(H,18,19,20,26). The summed E-state index contributed by atoms with van der Waals surface area (Å²) < 4.78 is 5.31. The van der Waals surface area contributed by atoms with Crippen molar-refractivity contribution in [2.24, 2.45) is 0 Å². The molecule has 10 heteroatoms. The molecule has 27 heavy (non-hydrogen) atoms. The average molecular weight is 372 g/mol. The topological polar surface area (TPSA) is 99.6 Å². The van der Waals surface area contributed by atoms with Crippen molar-refractivity contribution in [1.82, 2.24) is 25.1 Å². The third-order valence-electron chi connectivity index (χ3n) is 4.15. The molecular weight excluding hydrogens is 348 g/mol. The number of aromatic nitrogens is 4. The van der Waals surface area contributed by atoms with Gasteiger partial charge in [-0.3, -0.25) is 5.32 Å². The van der Waals surface area contributed by atoms with E-state index in [-0.39, 0.29) is 6.03 Å². The van der Waals surface area contributed by atoms with E-state index in [1.54, 1.807) is 11.0 Å². The molecule has 0 unspecified atom stereocenters. The summed E-state index contributed by atoms with van der Waals surface area (Å²) in [7, 11) is 3.77. The fourth-order valence-electron chi connectivity index (χ4n) is 2.69. The molecule has 0 bridgehead atoms. The van der Waals surface area contributed by atoms with E-state index in [2.05, 4.69) is 30.4 Å². The Morgan fingerprint density at radius 1 is 1.19 bits per heavy atom. The van der Waals surface area contributed by atoms with Crippen LogP contribution in [0, 0.1) is 0 Å². The first-order valence-corrected chi connectivity index (χ1v) is 8.83. The highest BCUT2D eigenvalue weighted by Crippen LogP contribution is 2.16. The van der Waals surface area contributed by atoms with Gasteiger partial charge in [-0.25, -0.2) is 14.8 Å². The number of carbonyl (C=O) groups excluding carboxylic acids is 1. The first-order valence-electron chi connectivity index (χ1n) is 8.83. The van der Waals surface area contributed by atoms with E-state index in [1.165, 1.54) is 6.33 Å². The molecule has 1 N–H and O–H groups in total. The summed E-state index contributed by atoms with van der Waals surface area (Å²) in [6.07, 6.45) is 1.44. The van der Waals surface area contributed by atoms with Crippen LogP contribution in [0.1, 0.15) is 6.92 Å². The van der Waals surface area contributed by atoms with Crippen LogP contribution in [0.25, 0.3) is 0 Å². The fourth-order valence-corrected chi connectivity index (χ4v) is 2.69. The number of carbonyl (C=O) groups is 1. The molecule has 3 heterocycles. The van der Waals surface area contributed by atoms with Gasteiger partial charge in [-0.2, -0.15) is 0 Å². The van der Waals surface area contributed by atoms with Crippen molar-refractivity contribution in [3.63, 3.8) is 0 Å². The Morgan fingerprint density at radius 3 is 2.59 bits per heavy atom. The Kier molecular flexibility index (Phi) is 5.84. The zero-order chi connectivity index (χ0) is 19.2. The van der Waals surface area contributed by atoms with E-state index in [0.29, 0.717) is 44.5 Å². The number of nitrogens with zero attached hydrogens (tertiary/aromatic N) is 7. The Labute approximate surface area is 158 Å². The smallest absolute Gasteiger partial charge is 0.323 e. The fraction of sp³-hybridized carbons (Fsp3) is 0.471. The Bertz CT molecular complexity index is 760. The normalized spacial score (nSPS) is 14.0. The Balaban J connectivity index is 1.54. The van der Waals surface area contributed by atoms with Gasteiger partial charge in [0.1, 0.15) is 18.0 Å². The predicted octanol–water partition coefficient (Wildman–Crippen LogP) is 1.09. The lowest BCUT2D eigenvalue weighted by Gasteiger charge is -2.35. The molecule has 3 rings (SSSR count). The van der Waals surface area contributed by atoms with Crippen LogP contribution >= 0.6 is 0 Å². The molecule has 1 saturated heterocycles. The first kappa shape index (κ1) is 18.6. The third kappa shape index (κ3) is 4.72. The van der Waals surface area contributed by atoms with E-state index in [1.807, 2.05) is 38.1 Å². The van der Waals surface area contributed by atoms with Crippen LogP contribution in [0.5, 0.6) is 5.88 Å². The molecule has 0 spiro atoms. The molecular formula is C17H24N8O2. The number of nitrogens with one attached hydrogen (secondary N) is 1. The third-order valence-corrected chi connectivity index (χ3v) is 4.15. The second-order valence-electron chi connectivity index (χ2n) is 6.22. The molecule has 2 aromatic rings. The molecule has 1 fully saturated rings. The Hall–Kier alpha value is -3.17. The molecule has 2 amide bonds. The Morgan fingerprint density at radius 2 is 1.96 bits per heavy atom. The van der Waals surface area contributed by atoms with Gasteiger partial charge >= 0.3 is 6.03 Å². The van der Waals surface area contributed by atoms with E-state index in [0.717, 1.165) is 11.6 Å². The quantitative estimate of drug-likeness (QED) is 0.832. The van der Waals surface area contributed by atoms with Crippen LogP contribution in [-0.2, 0) is 0 Å². The van der Waals surface area contributed by atoms with E-state index >= 15 is 0 Å². The van der Waals surface area contributed by atoms with Crippen LogP contribution in [0.3, 0.4) is 0 Å². The number of rotatable bonds is 5. The number of amides is 2. The van der Waals surface area contributed by atoms with Gasteiger partial charge < -0.3 is 19.4 Å². The van der Waals surface area contributed by atoms with Gasteiger partial charge in [0.05, 0.1) is 6.61 Å². The molecule has 2 aromatic heterocycles. The van der Waals surface area contributed by atoms with E-state index < -0.39 is 0 Å². The van der Waals surface area contributed by atoms with E-state index in [4.69, 9.17) is 4.74 Å². The number of hydrogen-bond donors (Lipinski definition) is 1. The lowest BCUT2D eigenvalue weighted by molar-refractivity contribution is 0.208. The molecule has 0 radical (unpaired) electrons. The second-order valence-corrected chi connectivity index (χ2v) is 6.22.